The third-order valence-corrected chi connectivity index (χ3v) is 4.08. The number of nitrogens with zero attached hydrogens (tertiary/aromatic N) is 1. The van der Waals surface area contributed by atoms with E-state index in [4.69, 9.17) is 0 Å². The van der Waals surface area contributed by atoms with E-state index in [9.17, 15) is 0 Å². The summed E-state index contributed by atoms with van der Waals surface area (Å²) in [6.45, 7) is 4.64. The highest BCUT2D eigenvalue weighted by atomic mass is 15.3. The van der Waals surface area contributed by atoms with Crippen molar-refractivity contribution in [2.45, 2.75) is 50.9 Å². The molecule has 2 aliphatic rings. The molecule has 1 saturated carbocycles. The molecule has 1 aromatic carbocycles. The lowest BCUT2D eigenvalue weighted by atomic mass is 10.1. The summed E-state index contributed by atoms with van der Waals surface area (Å²) in [5.41, 5.74) is 1.39. The van der Waals surface area contributed by atoms with Gasteiger partial charge in [0.1, 0.15) is 0 Å². The minimum Gasteiger partial charge on any atom is -0.309 e. The zero-order chi connectivity index (χ0) is 11.7. The van der Waals surface area contributed by atoms with Crippen LogP contribution in [0, 0.1) is 0 Å². The van der Waals surface area contributed by atoms with E-state index < -0.39 is 0 Å². The van der Waals surface area contributed by atoms with E-state index in [0.29, 0.717) is 6.04 Å². The van der Waals surface area contributed by atoms with Crippen LogP contribution in [0.4, 0.5) is 0 Å². The predicted molar refractivity (Wildman–Crippen MR) is 70.9 cm³/mol. The van der Waals surface area contributed by atoms with E-state index >= 15 is 0 Å². The van der Waals surface area contributed by atoms with Gasteiger partial charge in [0.15, 0.2) is 0 Å². The lowest BCUT2D eigenvalue weighted by molar-refractivity contribution is 0.255. The minimum absolute atomic E-state index is 0.686. The van der Waals surface area contributed by atoms with Gasteiger partial charge in [-0.15, -0.1) is 0 Å². The highest BCUT2D eigenvalue weighted by molar-refractivity contribution is 5.14. The Morgan fingerprint density at radius 2 is 2.00 bits per heavy atom. The molecule has 0 radical (unpaired) electrons. The van der Waals surface area contributed by atoms with Crippen molar-refractivity contribution in [3.05, 3.63) is 35.9 Å². The number of benzene rings is 1. The minimum atomic E-state index is 0.686. The van der Waals surface area contributed by atoms with Gasteiger partial charge in [0.2, 0.25) is 0 Å². The zero-order valence-electron chi connectivity index (χ0n) is 10.6. The number of hydrogen-bond donors (Lipinski definition) is 1. The molecule has 0 spiro atoms. The van der Waals surface area contributed by atoms with Crippen molar-refractivity contribution in [2.24, 2.45) is 0 Å². The summed E-state index contributed by atoms with van der Waals surface area (Å²) in [7, 11) is 0. The van der Waals surface area contributed by atoms with Crippen molar-refractivity contribution in [1.82, 2.24) is 10.2 Å². The maximum atomic E-state index is 3.70. The maximum Gasteiger partial charge on any atom is 0.0213 e. The number of rotatable bonds is 4. The van der Waals surface area contributed by atoms with E-state index in [1.807, 2.05) is 0 Å². The summed E-state index contributed by atoms with van der Waals surface area (Å²) >= 11 is 0. The van der Waals surface area contributed by atoms with E-state index in [2.05, 4.69) is 47.5 Å². The second-order valence-electron chi connectivity index (χ2n) is 5.58. The standard InChI is InChI=1S/C15H22N2/c1-12-9-14(11-17(12)15-7-8-15)16-10-13-5-3-2-4-6-13/h2-6,12,14-16H,7-11H2,1H3. The molecule has 0 amide bonds. The van der Waals surface area contributed by atoms with Crippen LogP contribution in [0.2, 0.25) is 0 Å². The molecule has 1 N–H and O–H groups in total. The molecule has 2 fully saturated rings. The molecule has 2 atom stereocenters. The van der Waals surface area contributed by atoms with Gasteiger partial charge in [0.05, 0.1) is 0 Å². The average Bonchev–Trinajstić information content (AvgIpc) is 3.12. The van der Waals surface area contributed by atoms with Crippen LogP contribution in [-0.2, 0) is 6.54 Å². The van der Waals surface area contributed by atoms with Crippen molar-refractivity contribution in [3.8, 4) is 0 Å². The average molecular weight is 230 g/mol. The Kier molecular flexibility index (Phi) is 3.17. The van der Waals surface area contributed by atoms with Gasteiger partial charge in [-0.05, 0) is 31.7 Å². The smallest absolute Gasteiger partial charge is 0.0213 e. The molecule has 0 bridgehead atoms. The summed E-state index contributed by atoms with van der Waals surface area (Å²) < 4.78 is 0. The summed E-state index contributed by atoms with van der Waals surface area (Å²) in [6, 6.07) is 13.1. The van der Waals surface area contributed by atoms with Gasteiger partial charge in [-0.3, -0.25) is 4.90 Å². The summed E-state index contributed by atoms with van der Waals surface area (Å²) in [6.07, 6.45) is 4.16. The molecule has 1 aliphatic heterocycles. The molecular weight excluding hydrogens is 208 g/mol. The summed E-state index contributed by atoms with van der Waals surface area (Å²) in [4.78, 5) is 2.70. The lowest BCUT2D eigenvalue weighted by Gasteiger charge is -2.19. The first-order chi connectivity index (χ1) is 8.33. The van der Waals surface area contributed by atoms with Gasteiger partial charge in [-0.2, -0.15) is 0 Å². The van der Waals surface area contributed by atoms with Crippen LogP contribution in [0.5, 0.6) is 0 Å². The number of hydrogen-bond acceptors (Lipinski definition) is 2. The lowest BCUT2D eigenvalue weighted by Crippen LogP contribution is -2.33. The SMILES string of the molecule is CC1CC(NCc2ccccc2)CN1C1CC1. The largest absolute Gasteiger partial charge is 0.309 e. The van der Waals surface area contributed by atoms with Crippen LogP contribution in [0.25, 0.3) is 0 Å². The van der Waals surface area contributed by atoms with Crippen molar-refractivity contribution >= 4 is 0 Å². The third-order valence-electron chi connectivity index (χ3n) is 4.08. The van der Waals surface area contributed by atoms with E-state index in [1.54, 1.807) is 0 Å². The highest BCUT2D eigenvalue weighted by Gasteiger charge is 2.38. The van der Waals surface area contributed by atoms with Crippen LogP contribution < -0.4 is 5.32 Å². The van der Waals surface area contributed by atoms with Crippen LogP contribution in [0.3, 0.4) is 0 Å². The normalized spacial score (nSPS) is 29.7. The van der Waals surface area contributed by atoms with E-state index in [-0.39, 0.29) is 0 Å². The van der Waals surface area contributed by atoms with Crippen LogP contribution in [0.15, 0.2) is 30.3 Å². The van der Waals surface area contributed by atoms with Crippen LogP contribution in [-0.4, -0.2) is 29.6 Å². The van der Waals surface area contributed by atoms with Gasteiger partial charge in [0, 0.05) is 31.2 Å². The first kappa shape index (κ1) is 11.2. The van der Waals surface area contributed by atoms with Crippen molar-refractivity contribution < 1.29 is 0 Å². The third kappa shape index (κ3) is 2.70. The van der Waals surface area contributed by atoms with Crippen molar-refractivity contribution in [1.29, 1.82) is 0 Å². The maximum absolute atomic E-state index is 3.70. The van der Waals surface area contributed by atoms with Gasteiger partial charge in [-0.1, -0.05) is 30.3 Å². The number of nitrogens with one attached hydrogen (secondary N) is 1. The van der Waals surface area contributed by atoms with E-state index in [1.165, 1.54) is 31.4 Å². The van der Waals surface area contributed by atoms with Gasteiger partial charge in [0.25, 0.3) is 0 Å². The Morgan fingerprint density at radius 1 is 1.24 bits per heavy atom. The summed E-state index contributed by atoms with van der Waals surface area (Å²) in [5.74, 6) is 0. The molecule has 2 unspecified atom stereocenters. The molecule has 1 aromatic rings. The molecule has 0 aromatic heterocycles. The first-order valence-corrected chi connectivity index (χ1v) is 6.86. The second kappa shape index (κ2) is 4.79. The van der Waals surface area contributed by atoms with Gasteiger partial charge >= 0.3 is 0 Å². The molecule has 2 nitrogen and oxygen atoms in total. The molecule has 1 aliphatic carbocycles. The molecule has 1 heterocycles. The summed E-state index contributed by atoms with van der Waals surface area (Å²) in [5, 5.41) is 3.70. The quantitative estimate of drug-likeness (QED) is 0.854. The first-order valence-electron chi connectivity index (χ1n) is 6.86. The number of likely N-dealkylation sites (tertiary alicyclic amines) is 1. The molecule has 2 heteroatoms. The Labute approximate surface area is 104 Å². The Bertz CT molecular complexity index is 358. The fraction of sp³-hybridized carbons (Fsp3) is 0.600. The molecule has 1 saturated heterocycles. The highest BCUT2D eigenvalue weighted by Crippen LogP contribution is 2.33. The van der Waals surface area contributed by atoms with E-state index in [0.717, 1.165) is 18.6 Å². The molecule has 17 heavy (non-hydrogen) atoms. The monoisotopic (exact) mass is 230 g/mol. The van der Waals surface area contributed by atoms with Crippen LogP contribution in [0.1, 0.15) is 31.7 Å². The van der Waals surface area contributed by atoms with Crippen molar-refractivity contribution in [2.75, 3.05) is 6.54 Å². The Hall–Kier alpha value is -0.860. The second-order valence-corrected chi connectivity index (χ2v) is 5.58. The fourth-order valence-corrected chi connectivity index (χ4v) is 2.98. The predicted octanol–water partition coefficient (Wildman–Crippen LogP) is 2.40. The Balaban J connectivity index is 1.50. The van der Waals surface area contributed by atoms with Crippen LogP contribution >= 0.6 is 0 Å². The zero-order valence-corrected chi connectivity index (χ0v) is 10.6. The topological polar surface area (TPSA) is 15.3 Å². The van der Waals surface area contributed by atoms with Gasteiger partial charge in [-0.25, -0.2) is 0 Å². The van der Waals surface area contributed by atoms with Crippen molar-refractivity contribution in [3.63, 3.8) is 0 Å². The molecule has 92 valence electrons. The van der Waals surface area contributed by atoms with Gasteiger partial charge < -0.3 is 5.32 Å². The molecule has 3 rings (SSSR count). The Morgan fingerprint density at radius 3 is 2.71 bits per heavy atom. The molecular formula is C15H22N2. The fourth-order valence-electron chi connectivity index (χ4n) is 2.98.